The van der Waals surface area contributed by atoms with Gasteiger partial charge in [0.05, 0.1) is 5.75 Å². The minimum atomic E-state index is 0.219. The van der Waals surface area contributed by atoms with Crippen LogP contribution in [0.1, 0.15) is 22.9 Å². The molecule has 0 atom stereocenters. The molecule has 0 aliphatic heterocycles. The Morgan fingerprint density at radius 3 is 2.71 bits per heavy atom. The number of hydrogen-bond acceptors (Lipinski definition) is 8. The largest absolute Gasteiger partial charge is 0.484 e. The lowest BCUT2D eigenvalue weighted by molar-refractivity contribution is 0.250. The van der Waals surface area contributed by atoms with Crippen LogP contribution in [-0.4, -0.2) is 20.3 Å². The van der Waals surface area contributed by atoms with Gasteiger partial charge in [-0.3, -0.25) is 0 Å². The van der Waals surface area contributed by atoms with Crippen molar-refractivity contribution < 1.29 is 13.7 Å². The van der Waals surface area contributed by atoms with Crippen LogP contribution in [-0.2, 0) is 12.4 Å². The number of ether oxygens (including phenoxy) is 1. The molecule has 0 fully saturated rings. The fourth-order valence-corrected chi connectivity index (χ4v) is 3.12. The molecule has 0 bridgehead atoms. The van der Waals surface area contributed by atoms with Crippen LogP contribution >= 0.6 is 11.8 Å². The molecule has 7 nitrogen and oxygen atoms in total. The van der Waals surface area contributed by atoms with Crippen molar-refractivity contribution in [3.05, 3.63) is 71.4 Å². The summed E-state index contributed by atoms with van der Waals surface area (Å²) >= 11 is 1.34. The molecule has 2 heterocycles. The molecule has 2 aromatic carbocycles. The number of benzene rings is 2. The molecule has 2 aromatic heterocycles. The Kier molecular flexibility index (Phi) is 5.38. The van der Waals surface area contributed by atoms with Gasteiger partial charge in [0.25, 0.3) is 11.1 Å². The maximum atomic E-state index is 5.79. The Bertz CT molecular complexity index is 1060. The average Bonchev–Trinajstić information content (AvgIpc) is 3.37. The minimum Gasteiger partial charge on any atom is -0.484 e. The van der Waals surface area contributed by atoms with Crippen LogP contribution in [0.4, 0.5) is 0 Å². The van der Waals surface area contributed by atoms with Gasteiger partial charge in [-0.05, 0) is 31.0 Å². The zero-order chi connectivity index (χ0) is 19.3. The summed E-state index contributed by atoms with van der Waals surface area (Å²) < 4.78 is 16.7. The van der Waals surface area contributed by atoms with Crippen molar-refractivity contribution in [1.29, 1.82) is 0 Å². The summed E-state index contributed by atoms with van der Waals surface area (Å²) in [5.41, 5.74) is 3.10. The van der Waals surface area contributed by atoms with Gasteiger partial charge < -0.3 is 13.7 Å². The van der Waals surface area contributed by atoms with Crippen molar-refractivity contribution in [2.45, 2.75) is 31.4 Å². The van der Waals surface area contributed by atoms with E-state index in [1.54, 1.807) is 0 Å². The van der Waals surface area contributed by atoms with Crippen LogP contribution in [0.5, 0.6) is 5.75 Å². The van der Waals surface area contributed by atoms with Crippen LogP contribution in [0, 0.1) is 13.8 Å². The summed E-state index contributed by atoms with van der Waals surface area (Å²) in [4.78, 5) is 4.38. The summed E-state index contributed by atoms with van der Waals surface area (Å²) in [6.45, 7) is 4.24. The van der Waals surface area contributed by atoms with Crippen LogP contribution in [0.3, 0.4) is 0 Å². The molecule has 8 heteroatoms. The highest BCUT2D eigenvalue weighted by molar-refractivity contribution is 7.98. The van der Waals surface area contributed by atoms with Crippen molar-refractivity contribution in [1.82, 2.24) is 20.3 Å². The number of aryl methyl sites for hydroxylation is 2. The van der Waals surface area contributed by atoms with Gasteiger partial charge in [-0.25, -0.2) is 0 Å². The Hall–Kier alpha value is -3.13. The molecule has 0 spiro atoms. The highest BCUT2D eigenvalue weighted by Crippen LogP contribution is 2.24. The molecule has 0 saturated heterocycles. The van der Waals surface area contributed by atoms with E-state index in [9.17, 15) is 0 Å². The van der Waals surface area contributed by atoms with E-state index in [0.29, 0.717) is 28.6 Å². The van der Waals surface area contributed by atoms with E-state index < -0.39 is 0 Å². The summed E-state index contributed by atoms with van der Waals surface area (Å²) in [7, 11) is 0. The fourth-order valence-electron chi connectivity index (χ4n) is 2.50. The molecule has 0 saturated carbocycles. The molecule has 0 unspecified atom stereocenters. The molecule has 0 aliphatic rings. The van der Waals surface area contributed by atoms with Gasteiger partial charge in [0.15, 0.2) is 6.61 Å². The number of aromatic nitrogens is 4. The van der Waals surface area contributed by atoms with Gasteiger partial charge in [0.1, 0.15) is 5.75 Å². The molecule has 0 aliphatic carbocycles. The molecule has 0 amide bonds. The summed E-state index contributed by atoms with van der Waals surface area (Å²) in [5, 5.41) is 12.5. The van der Waals surface area contributed by atoms with Crippen LogP contribution < -0.4 is 4.74 Å². The second-order valence-electron chi connectivity index (χ2n) is 6.19. The van der Waals surface area contributed by atoms with Crippen LogP contribution in [0.2, 0.25) is 0 Å². The summed E-state index contributed by atoms with van der Waals surface area (Å²) in [6, 6.07) is 15.7. The molecule has 142 valence electrons. The van der Waals surface area contributed by atoms with Gasteiger partial charge in [-0.15, -0.1) is 10.2 Å². The van der Waals surface area contributed by atoms with E-state index in [2.05, 4.69) is 20.3 Å². The summed E-state index contributed by atoms with van der Waals surface area (Å²) in [5.74, 6) is 2.73. The van der Waals surface area contributed by atoms with Gasteiger partial charge >= 0.3 is 0 Å². The monoisotopic (exact) mass is 394 g/mol. The highest BCUT2D eigenvalue weighted by Gasteiger charge is 2.12. The SMILES string of the molecule is Cc1ccc(C)c(OCc2nnc(SCc3nc(-c4ccccc4)no3)o2)c1. The number of rotatable bonds is 7. The maximum Gasteiger partial charge on any atom is 0.277 e. The smallest absolute Gasteiger partial charge is 0.277 e. The molecule has 4 aromatic rings. The lowest BCUT2D eigenvalue weighted by Crippen LogP contribution is -1.97. The molecule has 4 rings (SSSR count). The zero-order valence-electron chi connectivity index (χ0n) is 15.5. The van der Waals surface area contributed by atoms with Crippen molar-refractivity contribution >= 4 is 11.8 Å². The van der Waals surface area contributed by atoms with E-state index in [-0.39, 0.29) is 6.61 Å². The first kappa shape index (κ1) is 18.2. The van der Waals surface area contributed by atoms with Gasteiger partial charge in [0, 0.05) is 5.56 Å². The van der Waals surface area contributed by atoms with Gasteiger partial charge in [-0.2, -0.15) is 4.98 Å². The number of thioether (sulfide) groups is 1. The lowest BCUT2D eigenvalue weighted by Gasteiger charge is -2.07. The van der Waals surface area contributed by atoms with E-state index >= 15 is 0 Å². The Balaban J connectivity index is 1.33. The third-order valence-corrected chi connectivity index (χ3v) is 4.77. The van der Waals surface area contributed by atoms with Crippen LogP contribution in [0.15, 0.2) is 62.7 Å². The molecule has 0 radical (unpaired) electrons. The zero-order valence-corrected chi connectivity index (χ0v) is 16.3. The van der Waals surface area contributed by atoms with Crippen LogP contribution in [0.25, 0.3) is 11.4 Å². The Labute approximate surface area is 166 Å². The maximum absolute atomic E-state index is 5.79. The Morgan fingerprint density at radius 1 is 1.00 bits per heavy atom. The third kappa shape index (κ3) is 4.40. The molecule has 0 N–H and O–H groups in total. The predicted molar refractivity (Wildman–Crippen MR) is 104 cm³/mol. The number of nitrogens with zero attached hydrogens (tertiary/aromatic N) is 4. The van der Waals surface area contributed by atoms with Gasteiger partial charge in [-0.1, -0.05) is 59.4 Å². The minimum absolute atomic E-state index is 0.219. The standard InChI is InChI=1S/C20H18N4O3S/c1-13-8-9-14(2)16(10-13)25-11-17-22-23-20(26-17)28-12-18-21-19(24-27-18)15-6-4-3-5-7-15/h3-10H,11-12H2,1-2H3. The van der Waals surface area contributed by atoms with Crippen molar-refractivity contribution in [2.24, 2.45) is 0 Å². The van der Waals surface area contributed by atoms with Crippen molar-refractivity contribution in [3.63, 3.8) is 0 Å². The van der Waals surface area contributed by atoms with Crippen molar-refractivity contribution in [3.8, 4) is 17.1 Å². The predicted octanol–water partition coefficient (Wildman–Crippen LogP) is 4.61. The molecular formula is C20H18N4O3S. The second-order valence-corrected chi connectivity index (χ2v) is 7.11. The first-order valence-electron chi connectivity index (χ1n) is 8.70. The first-order valence-corrected chi connectivity index (χ1v) is 9.69. The molecular weight excluding hydrogens is 376 g/mol. The van der Waals surface area contributed by atoms with E-state index in [4.69, 9.17) is 13.7 Å². The topological polar surface area (TPSA) is 87.1 Å². The van der Waals surface area contributed by atoms with E-state index in [1.165, 1.54) is 11.8 Å². The number of hydrogen-bond donors (Lipinski definition) is 0. The average molecular weight is 394 g/mol. The van der Waals surface area contributed by atoms with Crippen molar-refractivity contribution in [2.75, 3.05) is 0 Å². The van der Waals surface area contributed by atoms with Gasteiger partial charge in [0.2, 0.25) is 11.7 Å². The fraction of sp³-hybridized carbons (Fsp3) is 0.200. The van der Waals surface area contributed by atoms with E-state index in [0.717, 1.165) is 22.4 Å². The highest BCUT2D eigenvalue weighted by atomic mass is 32.2. The lowest BCUT2D eigenvalue weighted by atomic mass is 10.1. The summed E-state index contributed by atoms with van der Waals surface area (Å²) in [6.07, 6.45) is 0. The third-order valence-electron chi connectivity index (χ3n) is 3.96. The normalized spacial score (nSPS) is 10.9. The second kappa shape index (κ2) is 8.26. The molecule has 28 heavy (non-hydrogen) atoms. The van der Waals surface area contributed by atoms with E-state index in [1.807, 2.05) is 62.4 Å². The first-order chi connectivity index (χ1) is 13.7. The Morgan fingerprint density at radius 2 is 1.86 bits per heavy atom. The quantitative estimate of drug-likeness (QED) is 0.420.